The number of hydrogen-bond acceptors (Lipinski definition) is 7. The molecule has 0 aromatic carbocycles. The smallest absolute Gasteiger partial charge is 0.330 e. The van der Waals surface area contributed by atoms with E-state index in [9.17, 15) is 24.9 Å². The van der Waals surface area contributed by atoms with E-state index in [0.717, 1.165) is 4.57 Å². The standard InChI is InChI=1S/C13H20N2O7/c1-7-5-15(12(20)14-10(7)19)11-13(21,3-2-4-16)9(18)8(6-17)22-11/h5,8-9,11,16-18,21H,2-4,6H2,1H3,(H,14,19,20)/t8-,9-,11-,13-/m1/s1. The van der Waals surface area contributed by atoms with Gasteiger partial charge in [0, 0.05) is 18.4 Å². The first kappa shape index (κ1) is 16.8. The molecule has 1 saturated heterocycles. The van der Waals surface area contributed by atoms with Crippen molar-refractivity contribution in [1.29, 1.82) is 0 Å². The molecule has 2 heterocycles. The van der Waals surface area contributed by atoms with Crippen LogP contribution in [-0.2, 0) is 4.74 Å². The molecule has 1 aliphatic rings. The first-order chi connectivity index (χ1) is 10.3. The molecule has 22 heavy (non-hydrogen) atoms. The van der Waals surface area contributed by atoms with Gasteiger partial charge in [-0.25, -0.2) is 4.79 Å². The summed E-state index contributed by atoms with van der Waals surface area (Å²) in [6.45, 7) is 0.720. The Balaban J connectivity index is 2.49. The third-order valence-electron chi connectivity index (χ3n) is 3.91. The van der Waals surface area contributed by atoms with Gasteiger partial charge in [0.05, 0.1) is 6.61 Å². The number of nitrogens with one attached hydrogen (secondary N) is 1. The van der Waals surface area contributed by atoms with Gasteiger partial charge in [-0.15, -0.1) is 0 Å². The Morgan fingerprint density at radius 2 is 2.09 bits per heavy atom. The first-order valence-corrected chi connectivity index (χ1v) is 6.95. The Morgan fingerprint density at radius 3 is 2.68 bits per heavy atom. The molecule has 124 valence electrons. The van der Waals surface area contributed by atoms with Crippen LogP contribution in [0.1, 0.15) is 24.6 Å². The van der Waals surface area contributed by atoms with Gasteiger partial charge in [0.15, 0.2) is 6.23 Å². The molecule has 0 unspecified atom stereocenters. The van der Waals surface area contributed by atoms with Crippen LogP contribution in [0.3, 0.4) is 0 Å². The minimum atomic E-state index is -1.87. The average Bonchev–Trinajstić information content (AvgIpc) is 2.73. The van der Waals surface area contributed by atoms with Crippen molar-refractivity contribution in [2.24, 2.45) is 0 Å². The van der Waals surface area contributed by atoms with Gasteiger partial charge in [-0.05, 0) is 19.8 Å². The Bertz CT molecular complexity index is 640. The second-order valence-electron chi connectivity index (χ2n) is 5.45. The van der Waals surface area contributed by atoms with Crippen molar-refractivity contribution in [2.45, 2.75) is 43.8 Å². The summed E-state index contributed by atoms with van der Waals surface area (Å²) in [4.78, 5) is 25.5. The zero-order valence-corrected chi connectivity index (χ0v) is 12.1. The maximum Gasteiger partial charge on any atom is 0.330 e. The number of nitrogens with zero attached hydrogens (tertiary/aromatic N) is 1. The van der Waals surface area contributed by atoms with Crippen LogP contribution in [0.25, 0.3) is 0 Å². The van der Waals surface area contributed by atoms with Crippen LogP contribution in [0.5, 0.6) is 0 Å². The lowest BCUT2D eigenvalue weighted by Gasteiger charge is -2.31. The molecular formula is C13H20N2O7. The summed E-state index contributed by atoms with van der Waals surface area (Å²) in [6, 6.07) is 0. The molecule has 9 nitrogen and oxygen atoms in total. The van der Waals surface area contributed by atoms with Crippen LogP contribution in [0, 0.1) is 6.92 Å². The first-order valence-electron chi connectivity index (χ1n) is 6.95. The molecule has 1 fully saturated rings. The number of H-pyrrole nitrogens is 1. The number of hydrogen-bond donors (Lipinski definition) is 5. The molecule has 0 radical (unpaired) electrons. The van der Waals surface area contributed by atoms with Crippen molar-refractivity contribution in [1.82, 2.24) is 9.55 Å². The van der Waals surface area contributed by atoms with Gasteiger partial charge in [0.2, 0.25) is 0 Å². The van der Waals surface area contributed by atoms with Crippen LogP contribution >= 0.6 is 0 Å². The molecule has 0 amide bonds. The number of aromatic nitrogens is 2. The number of aliphatic hydroxyl groups is 4. The zero-order valence-electron chi connectivity index (χ0n) is 12.1. The minimum Gasteiger partial charge on any atom is -0.396 e. The molecular weight excluding hydrogens is 296 g/mol. The molecule has 0 aliphatic carbocycles. The highest BCUT2D eigenvalue weighted by Crippen LogP contribution is 2.40. The summed E-state index contributed by atoms with van der Waals surface area (Å²) in [6.07, 6.45) is -2.45. The second-order valence-corrected chi connectivity index (χ2v) is 5.45. The number of aliphatic hydroxyl groups excluding tert-OH is 3. The van der Waals surface area contributed by atoms with E-state index < -0.39 is 41.9 Å². The highest BCUT2D eigenvalue weighted by Gasteiger charge is 2.55. The lowest BCUT2D eigenvalue weighted by Crippen LogP contribution is -2.49. The molecule has 4 atom stereocenters. The maximum atomic E-state index is 12.0. The van der Waals surface area contributed by atoms with Crippen molar-refractivity contribution in [2.75, 3.05) is 13.2 Å². The summed E-state index contributed by atoms with van der Waals surface area (Å²) >= 11 is 0. The molecule has 9 heteroatoms. The normalized spacial score (nSPS) is 31.6. The van der Waals surface area contributed by atoms with Crippen LogP contribution in [-0.4, -0.2) is 61.0 Å². The second kappa shape index (κ2) is 6.31. The summed E-state index contributed by atoms with van der Waals surface area (Å²) in [5.41, 5.74) is -2.99. The summed E-state index contributed by atoms with van der Waals surface area (Å²) < 4.78 is 6.39. The molecule has 0 bridgehead atoms. The van der Waals surface area contributed by atoms with Gasteiger partial charge in [0.1, 0.15) is 17.8 Å². The van der Waals surface area contributed by atoms with Gasteiger partial charge in [-0.1, -0.05) is 0 Å². The topological polar surface area (TPSA) is 145 Å². The Hall–Kier alpha value is -1.52. The summed E-state index contributed by atoms with van der Waals surface area (Å²) in [5.74, 6) is 0. The molecule has 0 saturated carbocycles. The fraction of sp³-hybridized carbons (Fsp3) is 0.692. The fourth-order valence-electron chi connectivity index (χ4n) is 2.67. The van der Waals surface area contributed by atoms with Gasteiger partial charge >= 0.3 is 5.69 Å². The molecule has 1 aliphatic heterocycles. The van der Waals surface area contributed by atoms with Crippen LogP contribution in [0.4, 0.5) is 0 Å². The predicted molar refractivity (Wildman–Crippen MR) is 74.3 cm³/mol. The van der Waals surface area contributed by atoms with Crippen LogP contribution < -0.4 is 11.2 Å². The highest BCUT2D eigenvalue weighted by atomic mass is 16.6. The molecule has 2 rings (SSSR count). The Labute approximate surface area is 125 Å². The van der Waals surface area contributed by atoms with E-state index in [1.165, 1.54) is 13.1 Å². The number of rotatable bonds is 5. The predicted octanol–water partition coefficient (Wildman–Crippen LogP) is -2.40. The van der Waals surface area contributed by atoms with Crippen molar-refractivity contribution < 1.29 is 25.2 Å². The van der Waals surface area contributed by atoms with E-state index in [0.29, 0.717) is 0 Å². The van der Waals surface area contributed by atoms with Crippen molar-refractivity contribution in [3.8, 4) is 0 Å². The Morgan fingerprint density at radius 1 is 1.41 bits per heavy atom. The third-order valence-corrected chi connectivity index (χ3v) is 3.91. The fourth-order valence-corrected chi connectivity index (χ4v) is 2.67. The van der Waals surface area contributed by atoms with Gasteiger partial charge in [0.25, 0.3) is 5.56 Å². The van der Waals surface area contributed by atoms with Crippen LogP contribution in [0.15, 0.2) is 15.8 Å². The highest BCUT2D eigenvalue weighted by molar-refractivity contribution is 5.07. The quantitative estimate of drug-likeness (QED) is 0.407. The van der Waals surface area contributed by atoms with E-state index in [2.05, 4.69) is 4.98 Å². The molecule has 0 spiro atoms. The summed E-state index contributed by atoms with van der Waals surface area (Å²) in [5, 5.41) is 39.1. The number of aromatic amines is 1. The van der Waals surface area contributed by atoms with E-state index >= 15 is 0 Å². The molecule has 1 aromatic rings. The third kappa shape index (κ3) is 2.73. The SMILES string of the molecule is Cc1cn([C@@H]2O[C@H](CO)[C@@H](O)[C@]2(O)CCCO)c(=O)[nH]c1=O. The number of ether oxygens (including phenoxy) is 1. The van der Waals surface area contributed by atoms with Crippen LogP contribution in [0.2, 0.25) is 0 Å². The molecule has 1 aromatic heterocycles. The van der Waals surface area contributed by atoms with E-state index in [1.54, 1.807) is 0 Å². The van der Waals surface area contributed by atoms with Crippen molar-refractivity contribution in [3.63, 3.8) is 0 Å². The lowest BCUT2D eigenvalue weighted by molar-refractivity contribution is -0.117. The van der Waals surface area contributed by atoms with E-state index in [-0.39, 0.29) is 25.0 Å². The maximum absolute atomic E-state index is 12.0. The van der Waals surface area contributed by atoms with E-state index in [4.69, 9.17) is 9.84 Å². The van der Waals surface area contributed by atoms with Gasteiger partial charge in [-0.2, -0.15) is 0 Å². The average molecular weight is 316 g/mol. The zero-order chi connectivity index (χ0) is 16.5. The van der Waals surface area contributed by atoms with E-state index in [1.807, 2.05) is 0 Å². The van der Waals surface area contributed by atoms with Gasteiger partial charge in [-0.3, -0.25) is 14.3 Å². The Kier molecular flexibility index (Phi) is 4.83. The van der Waals surface area contributed by atoms with Gasteiger partial charge < -0.3 is 25.2 Å². The largest absolute Gasteiger partial charge is 0.396 e. The lowest BCUT2D eigenvalue weighted by atomic mass is 9.89. The number of aryl methyl sites for hydroxylation is 1. The monoisotopic (exact) mass is 316 g/mol. The minimum absolute atomic E-state index is 0.0452. The van der Waals surface area contributed by atoms with Crippen molar-refractivity contribution >= 4 is 0 Å². The molecule has 5 N–H and O–H groups in total. The summed E-state index contributed by atoms with van der Waals surface area (Å²) in [7, 11) is 0. The van der Waals surface area contributed by atoms with Crippen molar-refractivity contribution in [3.05, 3.63) is 32.6 Å².